The third kappa shape index (κ3) is 7.58. The molecule has 1 aliphatic rings. The Balaban J connectivity index is 0.000000758. The molecule has 0 saturated carbocycles. The van der Waals surface area contributed by atoms with Crippen LogP contribution in [-0.2, 0) is 34.7 Å². The maximum Gasteiger partial charge on any atom is 0.300 e. The topological polar surface area (TPSA) is 102 Å². The SMILES string of the molecule is CC(=O)O.Oc1c2cccc1CCCCCc1cccc(c1O)C=Nc1ccccc1N=C2.[Mn]. The van der Waals surface area contributed by atoms with E-state index in [1.807, 2.05) is 60.7 Å². The van der Waals surface area contributed by atoms with E-state index in [1.165, 1.54) is 0 Å². The number of aliphatic imine (C=N–C) groups is 2. The Bertz CT molecular complexity index is 1090. The van der Waals surface area contributed by atoms with E-state index in [0.717, 1.165) is 50.2 Å². The minimum atomic E-state index is -0.833. The largest absolute Gasteiger partial charge is 0.507 e. The Morgan fingerprint density at radius 1 is 0.706 bits per heavy atom. The van der Waals surface area contributed by atoms with Gasteiger partial charge in [-0.25, -0.2) is 0 Å². The van der Waals surface area contributed by atoms with Crippen LogP contribution in [-0.4, -0.2) is 33.7 Å². The van der Waals surface area contributed by atoms with E-state index in [9.17, 15) is 10.2 Å². The number of nitrogens with zero attached hydrogens (tertiary/aromatic N) is 2. The number of aliphatic carboxylic acids is 1. The summed E-state index contributed by atoms with van der Waals surface area (Å²) >= 11 is 0. The van der Waals surface area contributed by atoms with Gasteiger partial charge in [-0.3, -0.25) is 14.8 Å². The van der Waals surface area contributed by atoms with E-state index in [-0.39, 0.29) is 17.1 Å². The van der Waals surface area contributed by atoms with E-state index in [1.54, 1.807) is 12.4 Å². The van der Waals surface area contributed by atoms with Crippen LogP contribution in [0, 0.1) is 0 Å². The van der Waals surface area contributed by atoms with Crippen LogP contribution >= 0.6 is 0 Å². The molecule has 0 unspecified atom stereocenters. The maximum absolute atomic E-state index is 10.6. The fourth-order valence-corrected chi connectivity index (χ4v) is 3.60. The van der Waals surface area contributed by atoms with Gasteiger partial charge in [-0.2, -0.15) is 0 Å². The van der Waals surface area contributed by atoms with Gasteiger partial charge in [0.25, 0.3) is 5.97 Å². The molecule has 0 aliphatic carbocycles. The molecule has 0 aromatic heterocycles. The summed E-state index contributed by atoms with van der Waals surface area (Å²) in [6.07, 6.45) is 8.00. The quantitative estimate of drug-likeness (QED) is 0.332. The number of para-hydroxylation sites is 4. The molecule has 0 amide bonds. The van der Waals surface area contributed by atoms with E-state index >= 15 is 0 Å². The average Bonchev–Trinajstić information content (AvgIpc) is 2.79. The smallest absolute Gasteiger partial charge is 0.300 e. The number of phenolic OH excluding ortho intramolecular Hbond substituents is 2. The fourth-order valence-electron chi connectivity index (χ4n) is 3.60. The van der Waals surface area contributed by atoms with Gasteiger partial charge in [-0.15, -0.1) is 0 Å². The van der Waals surface area contributed by atoms with Crippen LogP contribution < -0.4 is 0 Å². The number of hydrogen-bond acceptors (Lipinski definition) is 5. The summed E-state index contributed by atoms with van der Waals surface area (Å²) in [5.41, 5.74) is 4.69. The molecular formula is C27H28MnN2O4. The van der Waals surface area contributed by atoms with Crippen molar-refractivity contribution in [1.82, 2.24) is 0 Å². The van der Waals surface area contributed by atoms with Crippen LogP contribution in [0.15, 0.2) is 70.6 Å². The first-order chi connectivity index (χ1) is 16.0. The summed E-state index contributed by atoms with van der Waals surface area (Å²) in [4.78, 5) is 18.1. The molecule has 177 valence electrons. The Labute approximate surface area is 210 Å². The number of carboxylic acids is 1. The van der Waals surface area contributed by atoms with Gasteiger partial charge >= 0.3 is 0 Å². The molecule has 0 atom stereocenters. The van der Waals surface area contributed by atoms with E-state index in [4.69, 9.17) is 9.90 Å². The zero-order valence-corrected chi connectivity index (χ0v) is 20.2. The van der Waals surface area contributed by atoms with Gasteiger partial charge < -0.3 is 15.3 Å². The first-order valence-electron chi connectivity index (χ1n) is 10.9. The Morgan fingerprint density at radius 3 is 1.53 bits per heavy atom. The molecule has 1 radical (unpaired) electrons. The Hall–Kier alpha value is -3.41. The summed E-state index contributed by atoms with van der Waals surface area (Å²) < 4.78 is 0. The molecule has 1 heterocycles. The molecule has 3 aromatic carbocycles. The Kier molecular flexibility index (Phi) is 10.5. The maximum atomic E-state index is 10.6. The summed E-state index contributed by atoms with van der Waals surface area (Å²) in [6.45, 7) is 1.08. The van der Waals surface area contributed by atoms with Crippen molar-refractivity contribution in [2.45, 2.75) is 39.0 Å². The molecule has 0 fully saturated rings. The van der Waals surface area contributed by atoms with Crippen molar-refractivity contribution in [3.63, 3.8) is 0 Å². The van der Waals surface area contributed by atoms with Gasteiger partial charge in [0.2, 0.25) is 0 Å². The van der Waals surface area contributed by atoms with E-state index in [0.29, 0.717) is 34.0 Å². The third-order valence-corrected chi connectivity index (χ3v) is 5.26. The van der Waals surface area contributed by atoms with Crippen molar-refractivity contribution < 1.29 is 37.2 Å². The second-order valence-corrected chi connectivity index (χ2v) is 7.79. The van der Waals surface area contributed by atoms with Crippen LogP contribution in [0.2, 0.25) is 0 Å². The molecule has 0 saturated heterocycles. The number of aryl methyl sites for hydroxylation is 2. The predicted octanol–water partition coefficient (Wildman–Crippen LogP) is 5.96. The fraction of sp³-hybridized carbons (Fsp3) is 0.222. The van der Waals surface area contributed by atoms with Crippen molar-refractivity contribution in [2.24, 2.45) is 9.98 Å². The van der Waals surface area contributed by atoms with Crippen LogP contribution in [0.1, 0.15) is 48.4 Å². The molecule has 3 aromatic rings. The van der Waals surface area contributed by atoms with Crippen molar-refractivity contribution in [3.05, 3.63) is 82.9 Å². The molecule has 0 spiro atoms. The standard InChI is InChI=1S/C25H24N2O2.C2H4O2.Mn/c28-24-18-8-2-1-3-9-19-11-7-13-21(25(19)29)17-27-23-15-5-4-14-22(23)26-16-20(24)12-6-10-18;1-2(3)4;/h4-7,10-17,28-29H,1-3,8-9H2;1H3,(H,3,4);. The second-order valence-electron chi connectivity index (χ2n) is 7.79. The summed E-state index contributed by atoms with van der Waals surface area (Å²) in [5, 5.41) is 28.7. The number of benzene rings is 3. The van der Waals surface area contributed by atoms with Crippen molar-refractivity contribution in [2.75, 3.05) is 0 Å². The number of carboxylic acid groups (broad SMARTS) is 1. The van der Waals surface area contributed by atoms with E-state index < -0.39 is 5.97 Å². The molecule has 1 aliphatic heterocycles. The number of hydrogen-bond donors (Lipinski definition) is 3. The van der Waals surface area contributed by atoms with Crippen LogP contribution in [0.4, 0.5) is 11.4 Å². The number of rotatable bonds is 0. The molecule has 3 N–H and O–H groups in total. The van der Waals surface area contributed by atoms with Gasteiger partial charge in [-0.05, 0) is 61.1 Å². The molecule has 4 bridgehead atoms. The third-order valence-electron chi connectivity index (χ3n) is 5.26. The number of fused-ring (bicyclic) bond motifs is 5. The molecule has 4 rings (SSSR count). The van der Waals surface area contributed by atoms with Crippen molar-refractivity contribution in [3.8, 4) is 11.5 Å². The zero-order chi connectivity index (χ0) is 23.6. The summed E-state index contributed by atoms with van der Waals surface area (Å²) in [7, 11) is 0. The van der Waals surface area contributed by atoms with Crippen LogP contribution in [0.5, 0.6) is 11.5 Å². The minimum Gasteiger partial charge on any atom is -0.507 e. The average molecular weight is 499 g/mol. The van der Waals surface area contributed by atoms with Crippen LogP contribution in [0.3, 0.4) is 0 Å². The van der Waals surface area contributed by atoms with Gasteiger partial charge in [0, 0.05) is 47.5 Å². The normalized spacial score (nSPS) is 12.9. The number of carbonyl (C=O) groups is 1. The first kappa shape index (κ1) is 26.8. The molecule has 34 heavy (non-hydrogen) atoms. The molecular weight excluding hydrogens is 471 g/mol. The van der Waals surface area contributed by atoms with E-state index in [2.05, 4.69) is 9.98 Å². The monoisotopic (exact) mass is 499 g/mol. The summed E-state index contributed by atoms with van der Waals surface area (Å²) in [5.74, 6) is -0.239. The molecule has 7 heteroatoms. The van der Waals surface area contributed by atoms with Gasteiger partial charge in [-0.1, -0.05) is 42.8 Å². The van der Waals surface area contributed by atoms with Crippen LogP contribution in [0.25, 0.3) is 0 Å². The number of aromatic hydroxyl groups is 2. The van der Waals surface area contributed by atoms with Gasteiger partial charge in [0.05, 0.1) is 11.4 Å². The second kappa shape index (κ2) is 13.3. The van der Waals surface area contributed by atoms with Crippen molar-refractivity contribution in [1.29, 1.82) is 0 Å². The van der Waals surface area contributed by atoms with Gasteiger partial charge in [0.15, 0.2) is 0 Å². The van der Waals surface area contributed by atoms with Gasteiger partial charge in [0.1, 0.15) is 11.5 Å². The number of phenols is 2. The predicted molar refractivity (Wildman–Crippen MR) is 132 cm³/mol. The summed E-state index contributed by atoms with van der Waals surface area (Å²) in [6, 6.07) is 19.2. The minimum absolute atomic E-state index is 0. The van der Waals surface area contributed by atoms with Crippen molar-refractivity contribution >= 4 is 29.8 Å². The Morgan fingerprint density at radius 2 is 1.12 bits per heavy atom. The first-order valence-corrected chi connectivity index (χ1v) is 10.9. The molecule has 6 nitrogen and oxygen atoms in total. The zero-order valence-electron chi connectivity index (χ0n) is 19.0.